The van der Waals surface area contributed by atoms with Gasteiger partial charge in [-0.1, -0.05) is 0 Å². The molecule has 2 fully saturated rings. The highest BCUT2D eigenvalue weighted by Gasteiger charge is 2.43. The van der Waals surface area contributed by atoms with E-state index >= 15 is 4.39 Å². The summed E-state index contributed by atoms with van der Waals surface area (Å²) in [5.41, 5.74) is -0.835. The number of dihydropyridines is 1. The summed E-state index contributed by atoms with van der Waals surface area (Å²) in [6, 6.07) is 2.68. The molecular weight excluding hydrogens is 588 g/mol. The number of hydrogen-bond donors (Lipinski definition) is 1. The first-order chi connectivity index (χ1) is 20.2. The predicted molar refractivity (Wildman–Crippen MR) is 156 cm³/mol. The van der Waals surface area contributed by atoms with Gasteiger partial charge in [0, 0.05) is 62.0 Å². The van der Waals surface area contributed by atoms with Gasteiger partial charge in [0.05, 0.1) is 22.6 Å². The average Bonchev–Trinajstić information content (AvgIpc) is 3.62. The fraction of sp³-hybridized carbons (Fsp3) is 0.483. The molecule has 1 N–H and O–H groups in total. The van der Waals surface area contributed by atoms with E-state index in [1.165, 1.54) is 17.5 Å². The van der Waals surface area contributed by atoms with E-state index in [4.69, 9.17) is 0 Å². The SMILES string of the molecule is C[C@@H]1CN(c2cc(F)c(-c3csc(C(=O)N(C)CC4CC4)n3)cc2NC(=O)C2C=NC(=O)C=C2C(F)(F)F)C[C@H](C)N1C. The molecule has 9 nitrogen and oxygen atoms in total. The van der Waals surface area contributed by atoms with E-state index in [0.29, 0.717) is 43.5 Å². The van der Waals surface area contributed by atoms with Crippen LogP contribution in [0.15, 0.2) is 34.2 Å². The van der Waals surface area contributed by atoms with Gasteiger partial charge in [-0.15, -0.1) is 11.3 Å². The summed E-state index contributed by atoms with van der Waals surface area (Å²) in [5.74, 6) is -4.54. The molecular formula is C29H32F4N6O3S. The number of aliphatic imine (C=N–C) groups is 1. The molecule has 1 saturated heterocycles. The van der Waals surface area contributed by atoms with Crippen molar-refractivity contribution in [1.82, 2.24) is 14.8 Å². The van der Waals surface area contributed by atoms with Crippen molar-refractivity contribution in [2.75, 3.05) is 43.9 Å². The van der Waals surface area contributed by atoms with Crippen molar-refractivity contribution in [3.63, 3.8) is 0 Å². The second kappa shape index (κ2) is 11.8. The van der Waals surface area contributed by atoms with Crippen molar-refractivity contribution < 1.29 is 31.9 Å². The standard InChI is InChI=1S/C29H32F4N6O3S/c1-15-11-39(12-16(2)38(15)4)24-9-21(30)18(23-14-43-27(36-23)28(42)37(3)13-17-5-6-17)7-22(24)35-26(41)19-10-34-25(40)8-20(19)29(31,32)33/h7-10,14-17,19H,5-6,11-13H2,1-4H3,(H,35,41)/t15-,16+,19?. The molecule has 230 valence electrons. The fourth-order valence-electron chi connectivity index (χ4n) is 5.32. The molecule has 43 heavy (non-hydrogen) atoms. The van der Waals surface area contributed by atoms with Crippen molar-refractivity contribution in [1.29, 1.82) is 0 Å². The zero-order chi connectivity index (χ0) is 31.2. The molecule has 14 heteroatoms. The summed E-state index contributed by atoms with van der Waals surface area (Å²) in [7, 11) is 3.66. The zero-order valence-electron chi connectivity index (χ0n) is 24.1. The Labute approximate surface area is 250 Å². The molecule has 1 aromatic heterocycles. The molecule has 1 saturated carbocycles. The van der Waals surface area contributed by atoms with E-state index in [1.807, 2.05) is 25.8 Å². The second-order valence-corrected chi connectivity index (χ2v) is 12.3. The van der Waals surface area contributed by atoms with Crippen LogP contribution in [0, 0.1) is 17.7 Å². The predicted octanol–water partition coefficient (Wildman–Crippen LogP) is 4.61. The van der Waals surface area contributed by atoms with Crippen LogP contribution in [0.25, 0.3) is 11.3 Å². The van der Waals surface area contributed by atoms with Gasteiger partial charge in [-0.2, -0.15) is 13.2 Å². The second-order valence-electron chi connectivity index (χ2n) is 11.5. The Morgan fingerprint density at radius 3 is 2.47 bits per heavy atom. The highest BCUT2D eigenvalue weighted by Crippen LogP contribution is 2.38. The maximum absolute atomic E-state index is 15.7. The van der Waals surface area contributed by atoms with Crippen LogP contribution < -0.4 is 10.2 Å². The highest BCUT2D eigenvalue weighted by molar-refractivity contribution is 7.12. The summed E-state index contributed by atoms with van der Waals surface area (Å²) < 4.78 is 56.9. The third-order valence-electron chi connectivity index (χ3n) is 8.16. The number of alkyl halides is 3. The molecule has 1 aromatic carbocycles. The van der Waals surface area contributed by atoms with Crippen LogP contribution in [-0.4, -0.2) is 90.7 Å². The molecule has 2 aliphatic heterocycles. The molecule has 3 aliphatic rings. The Hall–Kier alpha value is -3.65. The van der Waals surface area contributed by atoms with E-state index in [-0.39, 0.29) is 39.9 Å². The van der Waals surface area contributed by atoms with Crippen molar-refractivity contribution >= 4 is 46.6 Å². The number of hydrogen-bond acceptors (Lipinski definition) is 7. The molecule has 2 aromatic rings. The zero-order valence-corrected chi connectivity index (χ0v) is 24.9. The quantitative estimate of drug-likeness (QED) is 0.454. The number of carbonyl (C=O) groups excluding carboxylic acids is 3. The van der Waals surface area contributed by atoms with Crippen molar-refractivity contribution in [3.8, 4) is 11.3 Å². The van der Waals surface area contributed by atoms with Gasteiger partial charge >= 0.3 is 6.18 Å². The van der Waals surface area contributed by atoms with Gasteiger partial charge in [-0.05, 0) is 51.8 Å². The normalized spacial score (nSPS) is 22.9. The minimum Gasteiger partial charge on any atom is -0.367 e. The van der Waals surface area contributed by atoms with E-state index in [1.54, 1.807) is 11.9 Å². The molecule has 1 aliphatic carbocycles. The van der Waals surface area contributed by atoms with Gasteiger partial charge in [-0.25, -0.2) is 14.4 Å². The number of piperazine rings is 1. The van der Waals surface area contributed by atoms with Gasteiger partial charge < -0.3 is 15.1 Å². The smallest absolute Gasteiger partial charge is 0.367 e. The lowest BCUT2D eigenvalue weighted by molar-refractivity contribution is -0.124. The third-order valence-corrected chi connectivity index (χ3v) is 8.99. The number of halogens is 4. The summed E-state index contributed by atoms with van der Waals surface area (Å²) >= 11 is 1.06. The minimum absolute atomic E-state index is 0.0199. The van der Waals surface area contributed by atoms with Crippen molar-refractivity contribution in [2.45, 2.75) is 44.9 Å². The molecule has 3 amide bonds. The average molecular weight is 621 g/mol. The van der Waals surface area contributed by atoms with Crippen molar-refractivity contribution in [2.24, 2.45) is 16.8 Å². The first kappa shape index (κ1) is 30.8. The largest absolute Gasteiger partial charge is 0.414 e. The summed E-state index contributed by atoms with van der Waals surface area (Å²) in [6.45, 7) is 5.54. The number of carbonyl (C=O) groups is 3. The third kappa shape index (κ3) is 6.64. The number of nitrogens with zero attached hydrogens (tertiary/aromatic N) is 5. The first-order valence-electron chi connectivity index (χ1n) is 13.9. The van der Waals surface area contributed by atoms with Crippen LogP contribution in [0.3, 0.4) is 0 Å². The molecule has 3 atom stereocenters. The van der Waals surface area contributed by atoms with Crippen LogP contribution in [0.5, 0.6) is 0 Å². The van der Waals surface area contributed by atoms with Gasteiger partial charge in [-0.3, -0.25) is 19.3 Å². The van der Waals surface area contributed by atoms with Gasteiger partial charge in [0.2, 0.25) is 5.91 Å². The number of benzene rings is 1. The van der Waals surface area contributed by atoms with E-state index < -0.39 is 35.3 Å². The topological polar surface area (TPSA) is 98.2 Å². The number of thiazole rings is 1. The summed E-state index contributed by atoms with van der Waals surface area (Å²) in [6.07, 6.45) is -1.83. The lowest BCUT2D eigenvalue weighted by atomic mass is 9.95. The maximum Gasteiger partial charge on any atom is 0.414 e. The molecule has 0 bridgehead atoms. The van der Waals surface area contributed by atoms with Crippen molar-refractivity contribution in [3.05, 3.63) is 40.0 Å². The summed E-state index contributed by atoms with van der Waals surface area (Å²) in [5, 5.41) is 4.26. The van der Waals surface area contributed by atoms with Gasteiger partial charge in [0.15, 0.2) is 5.01 Å². The Morgan fingerprint density at radius 2 is 1.84 bits per heavy atom. The molecule has 1 unspecified atom stereocenters. The lowest BCUT2D eigenvalue weighted by Crippen LogP contribution is -2.55. The lowest BCUT2D eigenvalue weighted by Gasteiger charge is -2.44. The van der Waals surface area contributed by atoms with Crippen LogP contribution in [0.4, 0.5) is 28.9 Å². The number of amides is 3. The molecule has 5 rings (SSSR count). The van der Waals surface area contributed by atoms with Crippen LogP contribution in [0.1, 0.15) is 36.5 Å². The highest BCUT2D eigenvalue weighted by atomic mass is 32.1. The minimum atomic E-state index is -4.95. The molecule has 3 heterocycles. The van der Waals surface area contributed by atoms with E-state index in [9.17, 15) is 27.6 Å². The molecule has 0 spiro atoms. The van der Waals surface area contributed by atoms with E-state index in [0.717, 1.165) is 24.2 Å². The first-order valence-corrected chi connectivity index (χ1v) is 14.8. The Balaban J connectivity index is 1.50. The maximum atomic E-state index is 15.7. The number of nitrogens with one attached hydrogen (secondary N) is 1. The molecule has 0 radical (unpaired) electrons. The van der Waals surface area contributed by atoms with Crippen LogP contribution in [0.2, 0.25) is 0 Å². The van der Waals surface area contributed by atoms with Gasteiger partial charge in [0.1, 0.15) is 11.7 Å². The number of likely N-dealkylation sites (N-methyl/N-ethyl adjacent to an activating group) is 1. The Bertz CT molecular complexity index is 1490. The van der Waals surface area contributed by atoms with E-state index in [2.05, 4.69) is 20.2 Å². The Morgan fingerprint density at radius 1 is 1.16 bits per heavy atom. The van der Waals surface area contributed by atoms with Gasteiger partial charge in [0.25, 0.3) is 11.8 Å². The summed E-state index contributed by atoms with van der Waals surface area (Å²) in [4.78, 5) is 51.2. The number of aromatic nitrogens is 1. The Kier molecular flexibility index (Phi) is 8.45. The van der Waals surface area contributed by atoms with Crippen LogP contribution >= 0.6 is 11.3 Å². The number of rotatable bonds is 7. The van der Waals surface area contributed by atoms with Crippen LogP contribution in [-0.2, 0) is 9.59 Å². The number of anilines is 2. The monoisotopic (exact) mass is 620 g/mol. The fourth-order valence-corrected chi connectivity index (χ4v) is 6.13.